The van der Waals surface area contributed by atoms with E-state index in [-0.39, 0.29) is 10.8 Å². The van der Waals surface area contributed by atoms with Gasteiger partial charge in [-0.3, -0.25) is 0 Å². The molecule has 0 radical (unpaired) electrons. The molecule has 1 saturated heterocycles. The lowest BCUT2D eigenvalue weighted by Gasteiger charge is -2.39. The molecule has 3 rings (SSSR count). The largest absolute Gasteiger partial charge is 0.387 e. The number of piperidine rings is 1. The van der Waals surface area contributed by atoms with Crippen LogP contribution in [-0.2, 0) is 10.0 Å². The van der Waals surface area contributed by atoms with Crippen LogP contribution < -0.4 is 0 Å². The van der Waals surface area contributed by atoms with Crippen LogP contribution in [0.3, 0.4) is 0 Å². The third kappa shape index (κ3) is 3.72. The summed E-state index contributed by atoms with van der Waals surface area (Å²) in [5.74, 6) is 0.673. The Balaban J connectivity index is 1.87. The highest BCUT2D eigenvalue weighted by atomic mass is 32.2. The Morgan fingerprint density at radius 1 is 1.38 bits per heavy atom. The molecule has 1 unspecified atom stereocenters. The van der Waals surface area contributed by atoms with Gasteiger partial charge in [-0.1, -0.05) is 5.16 Å². The van der Waals surface area contributed by atoms with E-state index >= 15 is 0 Å². The zero-order valence-electron chi connectivity index (χ0n) is 15.5. The van der Waals surface area contributed by atoms with Gasteiger partial charge in [-0.15, -0.1) is 11.3 Å². The first-order chi connectivity index (χ1) is 12.1. The van der Waals surface area contributed by atoms with E-state index in [1.807, 2.05) is 32.8 Å². The molecule has 2 aromatic rings. The Morgan fingerprint density at radius 3 is 2.73 bits per heavy atom. The minimum Gasteiger partial charge on any atom is -0.387 e. The number of aliphatic hydroxyl groups is 1. The standard InChI is InChI=1S/C17H25N3O4S2/c1-12-16(13(2)24-18-12)14-6-7-15(25-14)26(22,23)20-9-5-8-17(21,11-20)10-19(3)4/h6-7,21H,5,8-11H2,1-4H3. The summed E-state index contributed by atoms with van der Waals surface area (Å²) in [5.41, 5.74) is 0.571. The van der Waals surface area contributed by atoms with Gasteiger partial charge in [0.2, 0.25) is 0 Å². The normalized spacial score (nSPS) is 22.2. The maximum atomic E-state index is 13.1. The summed E-state index contributed by atoms with van der Waals surface area (Å²) >= 11 is 1.21. The number of aromatic nitrogens is 1. The number of rotatable bonds is 5. The highest BCUT2D eigenvalue weighted by Gasteiger charge is 2.39. The fourth-order valence-electron chi connectivity index (χ4n) is 3.55. The SMILES string of the molecule is Cc1noc(C)c1-c1ccc(S(=O)(=O)N2CCCC(O)(CN(C)C)C2)s1. The van der Waals surface area contributed by atoms with Crippen molar-refractivity contribution in [1.82, 2.24) is 14.4 Å². The van der Waals surface area contributed by atoms with E-state index in [0.717, 1.165) is 16.1 Å². The molecular formula is C17H25N3O4S2. The topological polar surface area (TPSA) is 86.9 Å². The second kappa shape index (κ2) is 7.05. The van der Waals surface area contributed by atoms with E-state index in [1.54, 1.807) is 12.1 Å². The van der Waals surface area contributed by atoms with Crippen LogP contribution in [0.15, 0.2) is 20.9 Å². The van der Waals surface area contributed by atoms with Crippen molar-refractivity contribution in [3.8, 4) is 10.4 Å². The van der Waals surface area contributed by atoms with Crippen LogP contribution in [0.2, 0.25) is 0 Å². The lowest BCUT2D eigenvalue weighted by atomic mass is 9.94. The number of likely N-dealkylation sites (N-methyl/N-ethyl adjacent to an activating group) is 1. The number of aryl methyl sites for hydroxylation is 2. The second-order valence-electron chi connectivity index (χ2n) is 7.22. The van der Waals surface area contributed by atoms with Gasteiger partial charge in [0, 0.05) is 24.5 Å². The van der Waals surface area contributed by atoms with Gasteiger partial charge >= 0.3 is 0 Å². The molecule has 0 aromatic carbocycles. The van der Waals surface area contributed by atoms with Crippen LogP contribution in [0.4, 0.5) is 0 Å². The highest BCUT2D eigenvalue weighted by molar-refractivity contribution is 7.91. The van der Waals surface area contributed by atoms with Crippen LogP contribution in [-0.4, -0.2) is 67.2 Å². The molecule has 1 atom stereocenters. The Labute approximate surface area is 158 Å². The average molecular weight is 400 g/mol. The van der Waals surface area contributed by atoms with Crippen molar-refractivity contribution >= 4 is 21.4 Å². The Morgan fingerprint density at radius 2 is 2.12 bits per heavy atom. The molecule has 0 amide bonds. The summed E-state index contributed by atoms with van der Waals surface area (Å²) < 4.78 is 33.0. The zero-order chi connectivity index (χ0) is 19.1. The lowest BCUT2D eigenvalue weighted by molar-refractivity contribution is -0.0257. The summed E-state index contributed by atoms with van der Waals surface area (Å²) in [5, 5.41) is 14.7. The van der Waals surface area contributed by atoms with Crippen molar-refractivity contribution in [2.45, 2.75) is 36.5 Å². The van der Waals surface area contributed by atoms with Crippen molar-refractivity contribution in [3.05, 3.63) is 23.6 Å². The summed E-state index contributed by atoms with van der Waals surface area (Å²) in [6.45, 7) is 4.64. The van der Waals surface area contributed by atoms with E-state index in [2.05, 4.69) is 5.16 Å². The maximum Gasteiger partial charge on any atom is 0.252 e. The number of thiophene rings is 1. The molecule has 26 heavy (non-hydrogen) atoms. The van der Waals surface area contributed by atoms with Gasteiger partial charge < -0.3 is 14.5 Å². The second-order valence-corrected chi connectivity index (χ2v) is 10.5. The first kappa shape index (κ1) is 19.5. The van der Waals surface area contributed by atoms with E-state index in [4.69, 9.17) is 4.52 Å². The molecule has 3 heterocycles. The van der Waals surface area contributed by atoms with Crippen LogP contribution in [0, 0.1) is 13.8 Å². The Kier molecular flexibility index (Phi) is 5.28. The quantitative estimate of drug-likeness (QED) is 0.829. The van der Waals surface area contributed by atoms with Crippen LogP contribution in [0.25, 0.3) is 10.4 Å². The van der Waals surface area contributed by atoms with Gasteiger partial charge in [0.05, 0.1) is 16.9 Å². The summed E-state index contributed by atoms with van der Waals surface area (Å²) in [4.78, 5) is 2.71. The zero-order valence-corrected chi connectivity index (χ0v) is 17.2. The molecule has 1 fully saturated rings. The van der Waals surface area contributed by atoms with E-state index in [9.17, 15) is 13.5 Å². The van der Waals surface area contributed by atoms with E-state index in [0.29, 0.717) is 31.7 Å². The van der Waals surface area contributed by atoms with Crippen LogP contribution in [0.1, 0.15) is 24.3 Å². The molecular weight excluding hydrogens is 374 g/mol. The molecule has 9 heteroatoms. The predicted octanol–water partition coefficient (Wildman–Crippen LogP) is 2.10. The summed E-state index contributed by atoms with van der Waals surface area (Å²) in [7, 11) is 0.109. The molecule has 1 N–H and O–H groups in total. The van der Waals surface area contributed by atoms with Crippen molar-refractivity contribution in [2.24, 2.45) is 0 Å². The average Bonchev–Trinajstić information content (AvgIpc) is 3.13. The Bertz CT molecular complexity index is 868. The number of hydrogen-bond donors (Lipinski definition) is 1. The van der Waals surface area contributed by atoms with E-state index < -0.39 is 15.6 Å². The number of nitrogens with zero attached hydrogens (tertiary/aromatic N) is 3. The van der Waals surface area contributed by atoms with Crippen molar-refractivity contribution < 1.29 is 18.0 Å². The number of sulfonamides is 1. The van der Waals surface area contributed by atoms with Crippen molar-refractivity contribution in [2.75, 3.05) is 33.7 Å². The number of β-amino-alcohol motifs (C(OH)–C–C–N with tert-alkyl or cyclic N) is 1. The third-order valence-electron chi connectivity index (χ3n) is 4.59. The van der Waals surface area contributed by atoms with Gasteiger partial charge in [0.15, 0.2) is 0 Å². The smallest absolute Gasteiger partial charge is 0.252 e. The van der Waals surface area contributed by atoms with Crippen LogP contribution >= 0.6 is 11.3 Å². The third-order valence-corrected chi connectivity index (χ3v) is 8.00. The summed E-state index contributed by atoms with van der Waals surface area (Å²) in [6.07, 6.45) is 1.25. The first-order valence-corrected chi connectivity index (χ1v) is 10.8. The molecule has 7 nitrogen and oxygen atoms in total. The number of hydrogen-bond acceptors (Lipinski definition) is 7. The van der Waals surface area contributed by atoms with Gasteiger partial charge in [0.1, 0.15) is 9.97 Å². The van der Waals surface area contributed by atoms with Crippen molar-refractivity contribution in [1.29, 1.82) is 0 Å². The molecule has 144 valence electrons. The fourth-order valence-corrected chi connectivity index (χ4v) is 6.71. The molecule has 0 aliphatic carbocycles. The van der Waals surface area contributed by atoms with Crippen LogP contribution in [0.5, 0.6) is 0 Å². The first-order valence-electron chi connectivity index (χ1n) is 8.53. The van der Waals surface area contributed by atoms with Gasteiger partial charge in [-0.05, 0) is 52.9 Å². The minimum atomic E-state index is -3.64. The minimum absolute atomic E-state index is 0.117. The maximum absolute atomic E-state index is 13.1. The molecule has 0 saturated carbocycles. The Hall–Kier alpha value is -1.26. The highest BCUT2D eigenvalue weighted by Crippen LogP contribution is 2.37. The lowest BCUT2D eigenvalue weighted by Crippen LogP contribution is -2.54. The monoisotopic (exact) mass is 399 g/mol. The molecule has 0 spiro atoms. The molecule has 0 bridgehead atoms. The van der Waals surface area contributed by atoms with Crippen molar-refractivity contribution in [3.63, 3.8) is 0 Å². The van der Waals surface area contributed by atoms with E-state index in [1.165, 1.54) is 15.6 Å². The van der Waals surface area contributed by atoms with Gasteiger partial charge in [-0.2, -0.15) is 4.31 Å². The molecule has 1 aliphatic rings. The molecule has 2 aromatic heterocycles. The molecule has 1 aliphatic heterocycles. The van der Waals surface area contributed by atoms with Gasteiger partial charge in [-0.25, -0.2) is 8.42 Å². The van der Waals surface area contributed by atoms with Gasteiger partial charge in [0.25, 0.3) is 10.0 Å². The summed E-state index contributed by atoms with van der Waals surface area (Å²) in [6, 6.07) is 3.42. The predicted molar refractivity (Wildman–Crippen MR) is 101 cm³/mol. The fraction of sp³-hybridized carbons (Fsp3) is 0.588.